The van der Waals surface area contributed by atoms with Gasteiger partial charge in [-0.2, -0.15) is 5.26 Å². The highest BCUT2D eigenvalue weighted by Crippen LogP contribution is 2.20. The molecule has 1 saturated heterocycles. The third-order valence-electron chi connectivity index (χ3n) is 3.89. The van der Waals surface area contributed by atoms with Crippen LogP contribution in [0.15, 0.2) is 24.3 Å². The van der Waals surface area contributed by atoms with E-state index in [9.17, 15) is 10.1 Å². The van der Waals surface area contributed by atoms with Crippen molar-refractivity contribution in [3.05, 3.63) is 29.8 Å². The highest BCUT2D eigenvalue weighted by atomic mass is 16.5. The number of piperazine rings is 1. The van der Waals surface area contributed by atoms with Gasteiger partial charge in [0.1, 0.15) is 6.07 Å². The number of carbonyl (C=O) groups is 1. The fourth-order valence-corrected chi connectivity index (χ4v) is 2.58. The zero-order chi connectivity index (χ0) is 17.2. The fourth-order valence-electron chi connectivity index (χ4n) is 2.58. The number of ether oxygens (including phenoxy) is 2. The van der Waals surface area contributed by atoms with Gasteiger partial charge in [0.2, 0.25) is 0 Å². The van der Waals surface area contributed by atoms with E-state index in [0.29, 0.717) is 45.0 Å². The van der Waals surface area contributed by atoms with E-state index in [1.165, 1.54) is 0 Å². The zero-order valence-electron chi connectivity index (χ0n) is 14.0. The van der Waals surface area contributed by atoms with Crippen molar-refractivity contribution in [3.63, 3.8) is 0 Å². The number of benzene rings is 1. The normalized spacial score (nSPS) is 14.3. The standard InChI is InChI=1S/C17H24N4O3/c1-23-12-13-24-11-6-19-17(22)21-9-7-20(8-10-21)16-5-3-2-4-15(16)14-18/h2-5H,6-13H2,1H3,(H,19,22). The van der Waals surface area contributed by atoms with Crippen molar-refractivity contribution in [1.29, 1.82) is 5.26 Å². The van der Waals surface area contributed by atoms with E-state index < -0.39 is 0 Å². The maximum Gasteiger partial charge on any atom is 0.317 e. The van der Waals surface area contributed by atoms with Gasteiger partial charge in [0.25, 0.3) is 0 Å². The third-order valence-corrected chi connectivity index (χ3v) is 3.89. The number of anilines is 1. The van der Waals surface area contributed by atoms with Crippen LogP contribution in [0.1, 0.15) is 5.56 Å². The number of carbonyl (C=O) groups excluding carboxylic acids is 1. The Bertz CT molecular complexity index is 565. The highest BCUT2D eigenvalue weighted by Gasteiger charge is 2.22. The monoisotopic (exact) mass is 332 g/mol. The lowest BCUT2D eigenvalue weighted by atomic mass is 10.1. The number of nitrogens with zero attached hydrogens (tertiary/aromatic N) is 3. The molecule has 0 atom stereocenters. The van der Waals surface area contributed by atoms with Gasteiger partial charge >= 0.3 is 6.03 Å². The Morgan fingerprint density at radius 3 is 2.67 bits per heavy atom. The van der Waals surface area contributed by atoms with Crippen molar-refractivity contribution in [2.75, 3.05) is 64.6 Å². The fraction of sp³-hybridized carbons (Fsp3) is 0.529. The molecule has 0 bridgehead atoms. The first kappa shape index (κ1) is 18.0. The van der Waals surface area contributed by atoms with Crippen molar-refractivity contribution in [1.82, 2.24) is 10.2 Å². The van der Waals surface area contributed by atoms with E-state index in [0.717, 1.165) is 18.8 Å². The Kier molecular flexibility index (Phi) is 7.33. The van der Waals surface area contributed by atoms with Gasteiger partial charge in [-0.15, -0.1) is 0 Å². The number of hydrogen-bond donors (Lipinski definition) is 1. The molecule has 0 unspecified atom stereocenters. The van der Waals surface area contributed by atoms with Gasteiger partial charge in [-0.1, -0.05) is 12.1 Å². The van der Waals surface area contributed by atoms with E-state index in [4.69, 9.17) is 9.47 Å². The van der Waals surface area contributed by atoms with Gasteiger partial charge in [0.15, 0.2) is 0 Å². The van der Waals surface area contributed by atoms with Crippen molar-refractivity contribution in [2.24, 2.45) is 0 Å². The molecule has 7 nitrogen and oxygen atoms in total. The summed E-state index contributed by atoms with van der Waals surface area (Å²) in [7, 11) is 1.62. The maximum absolute atomic E-state index is 12.1. The lowest BCUT2D eigenvalue weighted by molar-refractivity contribution is 0.0720. The topological polar surface area (TPSA) is 77.8 Å². The molecule has 130 valence electrons. The lowest BCUT2D eigenvalue weighted by Gasteiger charge is -2.36. The molecule has 24 heavy (non-hydrogen) atoms. The summed E-state index contributed by atoms with van der Waals surface area (Å²) in [5.74, 6) is 0. The molecule has 0 aliphatic carbocycles. The summed E-state index contributed by atoms with van der Waals surface area (Å²) in [5, 5.41) is 12.0. The second-order valence-electron chi connectivity index (χ2n) is 5.44. The summed E-state index contributed by atoms with van der Waals surface area (Å²) in [6.45, 7) is 4.76. The lowest BCUT2D eigenvalue weighted by Crippen LogP contribution is -2.52. The van der Waals surface area contributed by atoms with Crippen molar-refractivity contribution >= 4 is 11.7 Å². The summed E-state index contributed by atoms with van der Waals surface area (Å²) in [6, 6.07) is 9.71. The maximum atomic E-state index is 12.1. The quantitative estimate of drug-likeness (QED) is 0.755. The first-order valence-electron chi connectivity index (χ1n) is 8.10. The molecule has 0 saturated carbocycles. The number of amides is 2. The largest absolute Gasteiger partial charge is 0.382 e. The van der Waals surface area contributed by atoms with Crippen LogP contribution in [0.2, 0.25) is 0 Å². The average molecular weight is 332 g/mol. The summed E-state index contributed by atoms with van der Waals surface area (Å²) in [4.78, 5) is 16.1. The molecule has 2 amide bonds. The molecular formula is C17H24N4O3. The van der Waals surface area contributed by atoms with Crippen LogP contribution in [0.4, 0.5) is 10.5 Å². The molecule has 1 heterocycles. The van der Waals surface area contributed by atoms with Gasteiger partial charge in [0.05, 0.1) is 31.1 Å². The van der Waals surface area contributed by atoms with Gasteiger partial charge in [-0.25, -0.2) is 4.79 Å². The Hall–Kier alpha value is -2.30. The highest BCUT2D eigenvalue weighted by molar-refractivity contribution is 5.74. The van der Waals surface area contributed by atoms with Crippen LogP contribution in [0.5, 0.6) is 0 Å². The van der Waals surface area contributed by atoms with E-state index in [2.05, 4.69) is 16.3 Å². The molecule has 2 rings (SSSR count). The predicted octanol–water partition coefficient (Wildman–Crippen LogP) is 1.05. The second kappa shape index (κ2) is 9.75. The molecular weight excluding hydrogens is 308 g/mol. The summed E-state index contributed by atoms with van der Waals surface area (Å²) in [6.07, 6.45) is 0. The first-order valence-corrected chi connectivity index (χ1v) is 8.10. The number of nitriles is 1. The number of para-hydroxylation sites is 1. The predicted molar refractivity (Wildman–Crippen MR) is 91.0 cm³/mol. The Labute approximate surface area is 142 Å². The number of nitrogens with one attached hydrogen (secondary N) is 1. The minimum Gasteiger partial charge on any atom is -0.382 e. The number of hydrogen-bond acceptors (Lipinski definition) is 5. The molecule has 7 heteroatoms. The molecule has 0 radical (unpaired) electrons. The molecule has 1 aromatic rings. The van der Waals surface area contributed by atoms with Gasteiger partial charge < -0.3 is 24.6 Å². The van der Waals surface area contributed by atoms with Crippen molar-refractivity contribution in [3.8, 4) is 6.07 Å². The van der Waals surface area contributed by atoms with Gasteiger partial charge in [-0.3, -0.25) is 0 Å². The Morgan fingerprint density at radius 1 is 1.21 bits per heavy atom. The van der Waals surface area contributed by atoms with E-state index in [1.54, 1.807) is 12.0 Å². The molecule has 0 spiro atoms. The van der Waals surface area contributed by atoms with E-state index in [1.807, 2.05) is 24.3 Å². The van der Waals surface area contributed by atoms with Crippen LogP contribution in [0.3, 0.4) is 0 Å². The van der Waals surface area contributed by atoms with Crippen molar-refractivity contribution < 1.29 is 14.3 Å². The van der Waals surface area contributed by atoms with Crippen LogP contribution >= 0.6 is 0 Å². The minimum atomic E-state index is -0.0708. The van der Waals surface area contributed by atoms with Crippen LogP contribution < -0.4 is 10.2 Å². The number of urea groups is 1. The summed E-state index contributed by atoms with van der Waals surface area (Å²) < 4.78 is 10.2. The second-order valence-corrected chi connectivity index (χ2v) is 5.44. The molecule has 1 fully saturated rings. The van der Waals surface area contributed by atoms with E-state index >= 15 is 0 Å². The summed E-state index contributed by atoms with van der Waals surface area (Å²) in [5.41, 5.74) is 1.61. The van der Waals surface area contributed by atoms with Gasteiger partial charge in [0, 0.05) is 39.8 Å². The molecule has 1 N–H and O–H groups in total. The minimum absolute atomic E-state index is 0.0708. The number of methoxy groups -OCH3 is 1. The molecule has 1 aliphatic heterocycles. The van der Waals surface area contributed by atoms with Gasteiger partial charge in [-0.05, 0) is 12.1 Å². The van der Waals surface area contributed by atoms with E-state index in [-0.39, 0.29) is 6.03 Å². The number of rotatable bonds is 7. The van der Waals surface area contributed by atoms with Crippen LogP contribution in [0, 0.1) is 11.3 Å². The van der Waals surface area contributed by atoms with Crippen molar-refractivity contribution in [2.45, 2.75) is 0 Å². The molecule has 1 aliphatic rings. The molecule has 0 aromatic heterocycles. The van der Waals surface area contributed by atoms with Crippen LogP contribution in [-0.4, -0.2) is 70.6 Å². The zero-order valence-corrected chi connectivity index (χ0v) is 14.0. The average Bonchev–Trinajstić information content (AvgIpc) is 2.64. The smallest absolute Gasteiger partial charge is 0.317 e. The Morgan fingerprint density at radius 2 is 1.96 bits per heavy atom. The summed E-state index contributed by atoms with van der Waals surface area (Å²) >= 11 is 0. The SMILES string of the molecule is COCCOCCNC(=O)N1CCN(c2ccccc2C#N)CC1. The van der Waals surface area contributed by atoms with Crippen LogP contribution in [-0.2, 0) is 9.47 Å². The first-order chi connectivity index (χ1) is 11.8. The third kappa shape index (κ3) is 5.11. The molecule has 1 aromatic carbocycles. The Balaban J connectivity index is 1.72. The van der Waals surface area contributed by atoms with Crippen LogP contribution in [0.25, 0.3) is 0 Å².